The Kier molecular flexibility index (Phi) is 5.89. The number of ether oxygens (including phenoxy) is 2. The smallest absolute Gasteiger partial charge is 0.300 e. The standard InChI is InChI=1S/C17H15NO3.C2H4O2/c1-20-15-9-12-8-13(7-11-3-5-18-6-4-11)17(19)14(12)10-16(15)21-2;1-2(3)4/h3-7,9-10H,8H2,1-2H3;1H3,(H,3,4). The predicted octanol–water partition coefficient (Wildman–Crippen LogP) is 3.01. The van der Waals surface area contributed by atoms with Crippen LogP contribution in [-0.2, 0) is 11.2 Å². The number of carboxylic acid groups (broad SMARTS) is 1. The molecule has 0 radical (unpaired) electrons. The molecule has 1 aliphatic carbocycles. The van der Waals surface area contributed by atoms with Crippen LogP contribution >= 0.6 is 0 Å². The van der Waals surface area contributed by atoms with E-state index in [1.54, 1.807) is 32.7 Å². The molecule has 1 aromatic carbocycles. The molecule has 0 amide bonds. The molecule has 0 fully saturated rings. The van der Waals surface area contributed by atoms with Crippen LogP contribution in [0, 0.1) is 0 Å². The number of aromatic nitrogens is 1. The van der Waals surface area contributed by atoms with E-state index in [-0.39, 0.29) is 5.78 Å². The van der Waals surface area contributed by atoms with Crippen LogP contribution in [0.3, 0.4) is 0 Å². The number of allylic oxidation sites excluding steroid dienone is 1. The molecular weight excluding hydrogens is 322 g/mol. The fourth-order valence-electron chi connectivity index (χ4n) is 2.51. The maximum absolute atomic E-state index is 12.5. The Morgan fingerprint density at radius 3 is 2.28 bits per heavy atom. The number of Topliss-reactive ketones (excluding diaryl/α,β-unsaturated/α-hetero) is 1. The lowest BCUT2D eigenvalue weighted by Crippen LogP contribution is -1.97. The molecule has 0 unspecified atom stereocenters. The van der Waals surface area contributed by atoms with Gasteiger partial charge in [-0.25, -0.2) is 0 Å². The molecule has 0 aliphatic heterocycles. The monoisotopic (exact) mass is 341 g/mol. The summed E-state index contributed by atoms with van der Waals surface area (Å²) in [6.45, 7) is 1.08. The van der Waals surface area contributed by atoms with Crippen molar-refractivity contribution in [2.75, 3.05) is 14.2 Å². The summed E-state index contributed by atoms with van der Waals surface area (Å²) in [6.07, 6.45) is 5.94. The average Bonchev–Trinajstić information content (AvgIpc) is 2.89. The summed E-state index contributed by atoms with van der Waals surface area (Å²) in [5.41, 5.74) is 3.40. The number of hydrogen-bond acceptors (Lipinski definition) is 5. The summed E-state index contributed by atoms with van der Waals surface area (Å²) in [5, 5.41) is 7.42. The summed E-state index contributed by atoms with van der Waals surface area (Å²) in [4.78, 5) is 25.5. The van der Waals surface area contributed by atoms with Crippen LogP contribution in [-0.4, -0.2) is 36.1 Å². The van der Waals surface area contributed by atoms with Crippen molar-refractivity contribution in [2.24, 2.45) is 0 Å². The topological polar surface area (TPSA) is 85.7 Å². The van der Waals surface area contributed by atoms with Gasteiger partial charge in [0.25, 0.3) is 5.97 Å². The molecule has 1 aromatic heterocycles. The van der Waals surface area contributed by atoms with Crippen molar-refractivity contribution in [3.63, 3.8) is 0 Å². The zero-order valence-corrected chi connectivity index (χ0v) is 14.3. The first-order chi connectivity index (χ1) is 12.0. The Hall–Kier alpha value is -3.15. The van der Waals surface area contributed by atoms with Crippen molar-refractivity contribution in [2.45, 2.75) is 13.3 Å². The first-order valence-electron chi connectivity index (χ1n) is 7.56. The number of nitrogens with zero attached hydrogens (tertiary/aromatic N) is 1. The Morgan fingerprint density at radius 1 is 1.16 bits per heavy atom. The summed E-state index contributed by atoms with van der Waals surface area (Å²) in [6, 6.07) is 7.39. The third-order valence-electron chi connectivity index (χ3n) is 3.57. The number of benzene rings is 1. The van der Waals surface area contributed by atoms with Crippen molar-refractivity contribution in [3.05, 3.63) is 58.9 Å². The molecule has 2 aromatic rings. The Balaban J connectivity index is 0.000000511. The molecule has 1 N–H and O–H groups in total. The number of aliphatic carboxylic acids is 1. The van der Waals surface area contributed by atoms with Gasteiger partial charge in [-0.3, -0.25) is 14.6 Å². The van der Waals surface area contributed by atoms with Crippen LogP contribution in [0.1, 0.15) is 28.4 Å². The average molecular weight is 341 g/mol. The minimum Gasteiger partial charge on any atom is -0.493 e. The molecular formula is C19H19NO5. The number of carbonyl (C=O) groups is 2. The first kappa shape index (κ1) is 18.2. The number of rotatable bonds is 3. The molecule has 0 spiro atoms. The highest BCUT2D eigenvalue weighted by Gasteiger charge is 2.27. The van der Waals surface area contributed by atoms with E-state index in [2.05, 4.69) is 4.98 Å². The van der Waals surface area contributed by atoms with Gasteiger partial charge in [0.05, 0.1) is 14.2 Å². The van der Waals surface area contributed by atoms with Crippen molar-refractivity contribution < 1.29 is 24.2 Å². The van der Waals surface area contributed by atoms with Gasteiger partial charge in [-0.1, -0.05) is 0 Å². The van der Waals surface area contributed by atoms with Gasteiger partial charge in [0.15, 0.2) is 17.3 Å². The van der Waals surface area contributed by atoms with Gasteiger partial charge in [-0.15, -0.1) is 0 Å². The third kappa shape index (κ3) is 4.44. The second-order valence-electron chi connectivity index (χ2n) is 5.34. The molecule has 0 bridgehead atoms. The molecule has 1 heterocycles. The molecule has 130 valence electrons. The fraction of sp³-hybridized carbons (Fsp3) is 0.211. The lowest BCUT2D eigenvalue weighted by molar-refractivity contribution is -0.134. The number of carbonyl (C=O) groups excluding carboxylic acids is 1. The minimum atomic E-state index is -0.833. The number of fused-ring (bicyclic) bond motifs is 1. The van der Waals surface area contributed by atoms with Gasteiger partial charge in [0.2, 0.25) is 0 Å². The molecule has 0 atom stereocenters. The zero-order chi connectivity index (χ0) is 18.4. The first-order valence-corrected chi connectivity index (χ1v) is 7.56. The van der Waals surface area contributed by atoms with Crippen LogP contribution in [0.2, 0.25) is 0 Å². The second-order valence-corrected chi connectivity index (χ2v) is 5.34. The normalized spacial score (nSPS) is 13.7. The molecule has 25 heavy (non-hydrogen) atoms. The lowest BCUT2D eigenvalue weighted by Gasteiger charge is -2.08. The van der Waals surface area contributed by atoms with E-state index in [0.29, 0.717) is 23.5 Å². The van der Waals surface area contributed by atoms with E-state index in [0.717, 1.165) is 23.6 Å². The summed E-state index contributed by atoms with van der Waals surface area (Å²) in [7, 11) is 3.16. The van der Waals surface area contributed by atoms with Gasteiger partial charge in [0, 0.05) is 36.9 Å². The highest BCUT2D eigenvalue weighted by atomic mass is 16.5. The SMILES string of the molecule is CC(=O)O.COc1cc2c(cc1OC)C(=O)C(=Cc1ccncc1)C2. The van der Waals surface area contributed by atoms with Gasteiger partial charge in [0.1, 0.15) is 0 Å². The maximum Gasteiger partial charge on any atom is 0.300 e. The lowest BCUT2D eigenvalue weighted by atomic mass is 10.1. The van der Waals surface area contributed by atoms with E-state index in [9.17, 15) is 4.79 Å². The van der Waals surface area contributed by atoms with Crippen LogP contribution in [0.5, 0.6) is 11.5 Å². The molecule has 6 heteroatoms. The molecule has 3 rings (SSSR count). The summed E-state index contributed by atoms with van der Waals surface area (Å²) >= 11 is 0. The predicted molar refractivity (Wildman–Crippen MR) is 93.1 cm³/mol. The van der Waals surface area contributed by atoms with Gasteiger partial charge < -0.3 is 14.6 Å². The Labute approximate surface area is 145 Å². The number of carboxylic acids is 1. The van der Waals surface area contributed by atoms with E-state index in [4.69, 9.17) is 19.4 Å². The van der Waals surface area contributed by atoms with Crippen LogP contribution < -0.4 is 9.47 Å². The zero-order valence-electron chi connectivity index (χ0n) is 14.3. The van der Waals surface area contributed by atoms with Crippen LogP contribution in [0.25, 0.3) is 6.08 Å². The van der Waals surface area contributed by atoms with E-state index in [1.807, 2.05) is 24.3 Å². The van der Waals surface area contributed by atoms with Crippen molar-refractivity contribution in [3.8, 4) is 11.5 Å². The molecule has 0 saturated carbocycles. The number of ketones is 1. The van der Waals surface area contributed by atoms with Gasteiger partial charge in [-0.05, 0) is 41.5 Å². The summed E-state index contributed by atoms with van der Waals surface area (Å²) in [5.74, 6) is 0.437. The highest BCUT2D eigenvalue weighted by Crippen LogP contribution is 2.36. The molecule has 0 saturated heterocycles. The van der Waals surface area contributed by atoms with Crippen LogP contribution in [0.4, 0.5) is 0 Å². The van der Waals surface area contributed by atoms with Crippen molar-refractivity contribution in [1.29, 1.82) is 0 Å². The molecule has 6 nitrogen and oxygen atoms in total. The Morgan fingerprint density at radius 2 is 1.72 bits per heavy atom. The largest absolute Gasteiger partial charge is 0.493 e. The number of methoxy groups -OCH3 is 2. The highest BCUT2D eigenvalue weighted by molar-refractivity contribution is 6.15. The van der Waals surface area contributed by atoms with Gasteiger partial charge in [-0.2, -0.15) is 0 Å². The van der Waals surface area contributed by atoms with Crippen molar-refractivity contribution in [1.82, 2.24) is 4.98 Å². The number of hydrogen-bond donors (Lipinski definition) is 1. The fourth-order valence-corrected chi connectivity index (χ4v) is 2.51. The van der Waals surface area contributed by atoms with E-state index in [1.165, 1.54) is 0 Å². The van der Waals surface area contributed by atoms with E-state index < -0.39 is 5.97 Å². The number of pyridine rings is 1. The quantitative estimate of drug-likeness (QED) is 0.864. The third-order valence-corrected chi connectivity index (χ3v) is 3.57. The minimum absolute atomic E-state index is 0.0442. The summed E-state index contributed by atoms with van der Waals surface area (Å²) < 4.78 is 10.5. The van der Waals surface area contributed by atoms with Crippen LogP contribution in [0.15, 0.2) is 42.2 Å². The van der Waals surface area contributed by atoms with E-state index >= 15 is 0 Å². The second kappa shape index (κ2) is 8.10. The Bertz CT molecular complexity index is 808. The molecule has 1 aliphatic rings. The van der Waals surface area contributed by atoms with Gasteiger partial charge >= 0.3 is 0 Å². The maximum atomic E-state index is 12.5. The van der Waals surface area contributed by atoms with Crippen molar-refractivity contribution >= 4 is 17.8 Å².